The SMILES string of the molecule is C=CCOP=O.[BaH2]. The Morgan fingerprint density at radius 3 is 2.57 bits per heavy atom. The van der Waals surface area contributed by atoms with Gasteiger partial charge < -0.3 is 0 Å². The molecule has 0 bridgehead atoms. The molecule has 0 aromatic heterocycles. The predicted octanol–water partition coefficient (Wildman–Crippen LogP) is 0.479. The molecule has 0 rings (SSSR count). The molecule has 0 fully saturated rings. The van der Waals surface area contributed by atoms with Crippen LogP contribution in [-0.2, 0) is 9.09 Å². The number of hydrogen-bond donors (Lipinski definition) is 0. The standard InChI is InChI=1S/C3H5O2P.Ba.2H/c1-2-3-5-6-4;;;/h2H,1,3H2;;;. The first kappa shape index (κ1) is 11.2. The van der Waals surface area contributed by atoms with Gasteiger partial charge >= 0.3 is 57.6 Å². The van der Waals surface area contributed by atoms with Crippen molar-refractivity contribution < 1.29 is 9.09 Å². The second kappa shape index (κ2) is 10.4. The van der Waals surface area contributed by atoms with Gasteiger partial charge in [0, 0.05) is 0 Å². The van der Waals surface area contributed by atoms with Crippen LogP contribution in [0.3, 0.4) is 0 Å². The average Bonchev–Trinajstić information content (AvgIpc) is 1.61. The molecule has 0 saturated heterocycles. The second-order valence-corrected chi connectivity index (χ2v) is 1.07. The molecule has 0 saturated carbocycles. The van der Waals surface area contributed by atoms with Gasteiger partial charge in [0.15, 0.2) is 0 Å². The maximum absolute atomic E-state index is 9.39. The van der Waals surface area contributed by atoms with Crippen LogP contribution in [0.2, 0.25) is 0 Å². The monoisotopic (exact) mass is 244 g/mol. The van der Waals surface area contributed by atoms with Crippen LogP contribution < -0.4 is 0 Å². The summed E-state index contributed by atoms with van der Waals surface area (Å²) in [6, 6.07) is 0. The van der Waals surface area contributed by atoms with Crippen molar-refractivity contribution in [2.75, 3.05) is 6.61 Å². The first-order chi connectivity index (χ1) is 2.91. The molecule has 2 nitrogen and oxygen atoms in total. The Bertz CT molecular complexity index is 48.9. The molecule has 0 amide bonds. The van der Waals surface area contributed by atoms with Crippen LogP contribution >= 0.6 is 8.69 Å². The Morgan fingerprint density at radius 1 is 1.86 bits per heavy atom. The van der Waals surface area contributed by atoms with Crippen LogP contribution in [0.4, 0.5) is 0 Å². The molecular weight excluding hydrogens is 236 g/mol. The quantitative estimate of drug-likeness (QED) is 0.312. The Kier molecular flexibility index (Phi) is 16.6. The van der Waals surface area contributed by atoms with E-state index in [2.05, 4.69) is 11.1 Å². The Balaban J connectivity index is 0. The van der Waals surface area contributed by atoms with Gasteiger partial charge in [0.1, 0.15) is 0 Å². The van der Waals surface area contributed by atoms with Gasteiger partial charge in [0.05, 0.1) is 6.61 Å². The molecule has 7 heavy (non-hydrogen) atoms. The second-order valence-electron chi connectivity index (χ2n) is 0.659. The van der Waals surface area contributed by atoms with Gasteiger partial charge in [-0.3, -0.25) is 4.52 Å². The van der Waals surface area contributed by atoms with Crippen LogP contribution in [0.25, 0.3) is 0 Å². The van der Waals surface area contributed by atoms with E-state index >= 15 is 0 Å². The molecule has 0 heterocycles. The van der Waals surface area contributed by atoms with Crippen LogP contribution in [0.15, 0.2) is 12.7 Å². The summed E-state index contributed by atoms with van der Waals surface area (Å²) in [4.78, 5) is 0. The van der Waals surface area contributed by atoms with Gasteiger partial charge in [-0.05, 0) is 0 Å². The fraction of sp³-hybridized carbons (Fsp3) is 0.333. The van der Waals surface area contributed by atoms with E-state index in [1.165, 1.54) is 6.08 Å². The van der Waals surface area contributed by atoms with Crippen molar-refractivity contribution >= 4 is 57.6 Å². The first-order valence-electron chi connectivity index (χ1n) is 1.47. The number of hydrogen-bond acceptors (Lipinski definition) is 2. The normalized spacial score (nSPS) is 7.43. The first-order valence-corrected chi connectivity index (χ1v) is 2.20. The third-order valence-corrected chi connectivity index (χ3v) is 0.500. The Hall–Kier alpha value is 1.37. The van der Waals surface area contributed by atoms with Crippen molar-refractivity contribution in [3.63, 3.8) is 0 Å². The molecule has 0 atom stereocenters. The molecule has 0 radical (unpaired) electrons. The van der Waals surface area contributed by atoms with Crippen molar-refractivity contribution in [2.45, 2.75) is 0 Å². The van der Waals surface area contributed by atoms with E-state index in [4.69, 9.17) is 0 Å². The van der Waals surface area contributed by atoms with Gasteiger partial charge in [-0.1, -0.05) is 6.08 Å². The summed E-state index contributed by atoms with van der Waals surface area (Å²) >= 11 is 0. The molecule has 0 aliphatic heterocycles. The van der Waals surface area contributed by atoms with E-state index in [1.54, 1.807) is 0 Å². The van der Waals surface area contributed by atoms with Gasteiger partial charge in [0.25, 0.3) is 0 Å². The molecule has 38 valence electrons. The van der Waals surface area contributed by atoms with Crippen molar-refractivity contribution in [1.82, 2.24) is 0 Å². The van der Waals surface area contributed by atoms with E-state index in [0.717, 1.165) is 0 Å². The average molecular weight is 243 g/mol. The van der Waals surface area contributed by atoms with Gasteiger partial charge in [-0.25, -0.2) is 4.57 Å². The van der Waals surface area contributed by atoms with Crippen LogP contribution in [0.1, 0.15) is 0 Å². The van der Waals surface area contributed by atoms with Gasteiger partial charge in [0.2, 0.25) is 0 Å². The molecule has 0 aromatic carbocycles. The molecule has 0 N–H and O–H groups in total. The van der Waals surface area contributed by atoms with E-state index in [0.29, 0.717) is 6.61 Å². The van der Waals surface area contributed by atoms with Gasteiger partial charge in [-0.2, -0.15) is 0 Å². The summed E-state index contributed by atoms with van der Waals surface area (Å²) < 4.78 is 13.7. The van der Waals surface area contributed by atoms with Crippen LogP contribution in [0.5, 0.6) is 0 Å². The summed E-state index contributed by atoms with van der Waals surface area (Å²) in [7, 11) is -0.276. The number of rotatable bonds is 3. The molecule has 0 aromatic rings. The minimum absolute atomic E-state index is 0. The molecule has 0 aliphatic rings. The predicted molar refractivity (Wildman–Crippen MR) is 32.3 cm³/mol. The Labute approximate surface area is 84.7 Å². The van der Waals surface area contributed by atoms with Crippen LogP contribution in [-0.4, -0.2) is 55.5 Å². The van der Waals surface area contributed by atoms with Gasteiger partial charge in [-0.15, -0.1) is 6.58 Å². The fourth-order valence-corrected chi connectivity index (χ4v) is 0.249. The van der Waals surface area contributed by atoms with Crippen LogP contribution in [0, 0.1) is 0 Å². The fourth-order valence-electron chi connectivity index (χ4n) is 0.0831. The summed E-state index contributed by atoms with van der Waals surface area (Å²) in [6.07, 6.45) is 1.53. The summed E-state index contributed by atoms with van der Waals surface area (Å²) in [5, 5.41) is 0. The molecule has 0 spiro atoms. The third kappa shape index (κ3) is 11.1. The maximum atomic E-state index is 9.39. The van der Waals surface area contributed by atoms with E-state index in [1.807, 2.05) is 0 Å². The van der Waals surface area contributed by atoms with Crippen molar-refractivity contribution in [2.24, 2.45) is 0 Å². The van der Waals surface area contributed by atoms with E-state index in [-0.39, 0.29) is 57.6 Å². The van der Waals surface area contributed by atoms with Crippen molar-refractivity contribution in [1.29, 1.82) is 0 Å². The molecule has 0 aliphatic carbocycles. The summed E-state index contributed by atoms with van der Waals surface area (Å²) in [5.74, 6) is 0. The summed E-state index contributed by atoms with van der Waals surface area (Å²) in [6.45, 7) is 3.68. The van der Waals surface area contributed by atoms with Crippen molar-refractivity contribution in [3.8, 4) is 0 Å². The topological polar surface area (TPSA) is 26.3 Å². The zero-order chi connectivity index (χ0) is 4.83. The minimum atomic E-state index is -0.276. The Morgan fingerprint density at radius 2 is 2.43 bits per heavy atom. The summed E-state index contributed by atoms with van der Waals surface area (Å²) in [5.41, 5.74) is 0. The van der Waals surface area contributed by atoms with Crippen molar-refractivity contribution in [3.05, 3.63) is 12.7 Å². The zero-order valence-electron chi connectivity index (χ0n) is 3.26. The van der Waals surface area contributed by atoms with E-state index in [9.17, 15) is 4.57 Å². The molecular formula is C3H7BaO2P. The molecule has 4 heteroatoms. The van der Waals surface area contributed by atoms with E-state index < -0.39 is 0 Å². The zero-order valence-corrected chi connectivity index (χ0v) is 4.15. The molecule has 0 unspecified atom stereocenters. The third-order valence-electron chi connectivity index (χ3n) is 0.245.